The van der Waals surface area contributed by atoms with Gasteiger partial charge in [-0.15, -0.1) is 0 Å². The van der Waals surface area contributed by atoms with E-state index in [4.69, 9.17) is 0 Å². The fourth-order valence-corrected chi connectivity index (χ4v) is 2.79. The highest BCUT2D eigenvalue weighted by molar-refractivity contribution is 6.21. The molecule has 0 spiro atoms. The molecular formula is C19H13N3O3. The molecule has 0 amide bonds. The molecule has 2 aromatic carbocycles. The number of aromatic hydroxyl groups is 1. The lowest BCUT2D eigenvalue weighted by molar-refractivity contribution is 0.429. The molecule has 0 saturated carbocycles. The highest BCUT2D eigenvalue weighted by Crippen LogP contribution is 2.32. The molecule has 2 N–H and O–H groups in total. The van der Waals surface area contributed by atoms with Crippen molar-refractivity contribution in [1.29, 1.82) is 0 Å². The predicted molar refractivity (Wildman–Crippen MR) is 96.8 cm³/mol. The summed E-state index contributed by atoms with van der Waals surface area (Å²) in [6.45, 7) is 0. The van der Waals surface area contributed by atoms with Gasteiger partial charge in [0.05, 0.1) is 11.4 Å². The summed E-state index contributed by atoms with van der Waals surface area (Å²) in [5, 5.41) is 10.6. The summed E-state index contributed by atoms with van der Waals surface area (Å²) in [6, 6.07) is 16.1. The van der Waals surface area contributed by atoms with Crippen molar-refractivity contribution in [1.82, 2.24) is 9.55 Å². The average molecular weight is 331 g/mol. The highest BCUT2D eigenvalue weighted by atomic mass is 16.3. The molecule has 0 radical (unpaired) electrons. The van der Waals surface area contributed by atoms with Crippen LogP contribution in [0.15, 0.2) is 69.2 Å². The molecular weight excluding hydrogens is 318 g/mol. The van der Waals surface area contributed by atoms with Crippen molar-refractivity contribution < 1.29 is 5.11 Å². The van der Waals surface area contributed by atoms with E-state index < -0.39 is 17.1 Å². The molecule has 25 heavy (non-hydrogen) atoms. The molecule has 122 valence electrons. The van der Waals surface area contributed by atoms with E-state index in [0.717, 1.165) is 15.8 Å². The minimum atomic E-state index is -0.698. The molecule has 0 bridgehead atoms. The van der Waals surface area contributed by atoms with E-state index in [1.807, 2.05) is 24.3 Å². The van der Waals surface area contributed by atoms with Gasteiger partial charge in [0.15, 0.2) is 0 Å². The zero-order valence-corrected chi connectivity index (χ0v) is 13.0. The molecule has 3 aromatic rings. The van der Waals surface area contributed by atoms with Crippen LogP contribution in [0.3, 0.4) is 0 Å². The lowest BCUT2D eigenvalue weighted by Crippen LogP contribution is -2.30. The Labute approximate surface area is 142 Å². The largest absolute Gasteiger partial charge is 0.494 e. The number of hydrogen-bond donors (Lipinski definition) is 2. The average Bonchev–Trinajstić information content (AvgIpc) is 3.02. The molecule has 1 aliphatic rings. The number of aliphatic imine (C=N–C) groups is 1. The van der Waals surface area contributed by atoms with Gasteiger partial charge in [0.2, 0.25) is 5.88 Å². The van der Waals surface area contributed by atoms with E-state index in [1.165, 1.54) is 6.08 Å². The number of fused-ring (bicyclic) bond motifs is 1. The second-order valence-electron chi connectivity index (χ2n) is 5.54. The Bertz CT molecular complexity index is 1140. The fraction of sp³-hybridized carbons (Fsp3) is 0. The SMILES string of the molecule is O=c1[nH]c(=O)n(-c2ccccc2)c(O)c1/C=C1/C=Nc2ccccc21. The van der Waals surface area contributed by atoms with Crippen molar-refractivity contribution in [2.45, 2.75) is 0 Å². The summed E-state index contributed by atoms with van der Waals surface area (Å²) >= 11 is 0. The van der Waals surface area contributed by atoms with Crippen LogP contribution in [0, 0.1) is 0 Å². The Morgan fingerprint density at radius 2 is 1.72 bits per heavy atom. The molecule has 0 atom stereocenters. The van der Waals surface area contributed by atoms with Crippen LogP contribution >= 0.6 is 0 Å². The van der Waals surface area contributed by atoms with Gasteiger partial charge in [0.1, 0.15) is 5.56 Å². The molecule has 1 aromatic heterocycles. The second kappa shape index (κ2) is 5.76. The Kier molecular flexibility index (Phi) is 3.43. The van der Waals surface area contributed by atoms with Crippen molar-refractivity contribution in [3.63, 3.8) is 0 Å². The van der Waals surface area contributed by atoms with Gasteiger partial charge in [-0.3, -0.25) is 14.8 Å². The van der Waals surface area contributed by atoms with E-state index >= 15 is 0 Å². The Balaban J connectivity index is 1.93. The number of allylic oxidation sites excluding steroid dienone is 1. The molecule has 1 aliphatic heterocycles. The molecule has 4 rings (SSSR count). The van der Waals surface area contributed by atoms with E-state index in [-0.39, 0.29) is 5.56 Å². The number of rotatable bonds is 2. The van der Waals surface area contributed by atoms with Crippen LogP contribution in [0.2, 0.25) is 0 Å². The van der Waals surface area contributed by atoms with Gasteiger partial charge in [-0.1, -0.05) is 36.4 Å². The zero-order chi connectivity index (χ0) is 17.4. The summed E-state index contributed by atoms with van der Waals surface area (Å²) < 4.78 is 1.06. The van der Waals surface area contributed by atoms with Crippen molar-refractivity contribution >= 4 is 23.6 Å². The highest BCUT2D eigenvalue weighted by Gasteiger charge is 2.17. The maximum absolute atomic E-state index is 12.2. The maximum atomic E-state index is 12.2. The molecule has 0 unspecified atom stereocenters. The molecule has 6 heteroatoms. The van der Waals surface area contributed by atoms with E-state index in [0.29, 0.717) is 11.3 Å². The van der Waals surface area contributed by atoms with Crippen molar-refractivity contribution in [2.24, 2.45) is 4.99 Å². The Morgan fingerprint density at radius 3 is 2.52 bits per heavy atom. The normalized spacial score (nSPS) is 14.0. The number of aromatic nitrogens is 2. The van der Waals surface area contributed by atoms with Crippen LogP contribution in [-0.4, -0.2) is 20.9 Å². The molecule has 6 nitrogen and oxygen atoms in total. The Hall–Kier alpha value is -3.67. The third-order valence-corrected chi connectivity index (χ3v) is 3.99. The van der Waals surface area contributed by atoms with Crippen LogP contribution in [0.4, 0.5) is 5.69 Å². The number of aromatic amines is 1. The van der Waals surface area contributed by atoms with E-state index in [1.54, 1.807) is 36.5 Å². The minimum absolute atomic E-state index is 0.00149. The van der Waals surface area contributed by atoms with Crippen molar-refractivity contribution in [3.05, 3.63) is 86.6 Å². The van der Waals surface area contributed by atoms with Gasteiger partial charge in [-0.25, -0.2) is 9.36 Å². The first-order chi connectivity index (χ1) is 12.1. The summed E-state index contributed by atoms with van der Waals surface area (Å²) in [4.78, 5) is 30.9. The number of nitrogens with one attached hydrogen (secondary N) is 1. The third-order valence-electron chi connectivity index (χ3n) is 3.99. The predicted octanol–water partition coefficient (Wildman–Crippen LogP) is 2.49. The van der Waals surface area contributed by atoms with Gasteiger partial charge in [-0.2, -0.15) is 0 Å². The smallest absolute Gasteiger partial charge is 0.335 e. The van der Waals surface area contributed by atoms with Crippen LogP contribution in [-0.2, 0) is 0 Å². The quantitative estimate of drug-likeness (QED) is 0.756. The molecule has 0 fully saturated rings. The summed E-state index contributed by atoms with van der Waals surface area (Å²) in [5.41, 5.74) is 1.45. The molecule has 0 saturated heterocycles. The third kappa shape index (κ3) is 2.49. The van der Waals surface area contributed by atoms with E-state index in [2.05, 4.69) is 9.98 Å². The number of para-hydroxylation sites is 2. The van der Waals surface area contributed by atoms with Gasteiger partial charge in [0, 0.05) is 17.4 Å². The van der Waals surface area contributed by atoms with E-state index in [9.17, 15) is 14.7 Å². The van der Waals surface area contributed by atoms with Gasteiger partial charge < -0.3 is 5.11 Å². The second-order valence-corrected chi connectivity index (χ2v) is 5.54. The monoisotopic (exact) mass is 331 g/mol. The first-order valence-corrected chi connectivity index (χ1v) is 7.64. The topological polar surface area (TPSA) is 87.5 Å². The van der Waals surface area contributed by atoms with Gasteiger partial charge >= 0.3 is 5.69 Å². The summed E-state index contributed by atoms with van der Waals surface area (Å²) in [5.74, 6) is -0.412. The molecule has 2 heterocycles. The standard InChI is InChI=1S/C19H13N3O3/c23-17-15(10-12-11-20-16-9-5-4-8-14(12)16)18(24)22(19(25)21-17)13-6-2-1-3-7-13/h1-11,24H,(H,21,23,25)/b12-10-. The number of hydrogen-bond acceptors (Lipinski definition) is 4. The number of H-pyrrole nitrogens is 1. The van der Waals surface area contributed by atoms with Crippen molar-refractivity contribution in [2.75, 3.05) is 0 Å². The lowest BCUT2D eigenvalue weighted by atomic mass is 10.1. The maximum Gasteiger partial charge on any atom is 0.335 e. The van der Waals surface area contributed by atoms with Crippen LogP contribution in [0.5, 0.6) is 5.88 Å². The van der Waals surface area contributed by atoms with Gasteiger partial charge in [0.25, 0.3) is 5.56 Å². The first-order valence-electron chi connectivity index (χ1n) is 7.64. The Morgan fingerprint density at radius 1 is 1.00 bits per heavy atom. The number of nitrogens with zero attached hydrogens (tertiary/aromatic N) is 2. The minimum Gasteiger partial charge on any atom is -0.494 e. The van der Waals surface area contributed by atoms with Crippen molar-refractivity contribution in [3.8, 4) is 11.6 Å². The van der Waals surface area contributed by atoms with Crippen LogP contribution < -0.4 is 11.2 Å². The zero-order valence-electron chi connectivity index (χ0n) is 13.0. The summed E-state index contributed by atoms with van der Waals surface area (Å²) in [7, 11) is 0. The van der Waals surface area contributed by atoms with Crippen LogP contribution in [0.25, 0.3) is 17.3 Å². The lowest BCUT2D eigenvalue weighted by Gasteiger charge is -2.10. The fourth-order valence-electron chi connectivity index (χ4n) is 2.79. The molecule has 0 aliphatic carbocycles. The van der Waals surface area contributed by atoms with Gasteiger partial charge in [-0.05, 0) is 24.3 Å². The van der Waals surface area contributed by atoms with Crippen LogP contribution in [0.1, 0.15) is 11.1 Å². The summed E-state index contributed by atoms with van der Waals surface area (Å²) in [6.07, 6.45) is 3.16. The first kappa shape index (κ1) is 14.9. The number of benzene rings is 2.